The Bertz CT molecular complexity index is 484. The number of benzene rings is 1. The Balaban J connectivity index is 0.00000264. The highest BCUT2D eigenvalue weighted by Crippen LogP contribution is 2.21. The van der Waals surface area contributed by atoms with E-state index in [-0.39, 0.29) is 18.3 Å². The van der Waals surface area contributed by atoms with Gasteiger partial charge in [0.15, 0.2) is 0 Å². The lowest BCUT2D eigenvalue weighted by Gasteiger charge is -2.30. The highest BCUT2D eigenvalue weighted by atomic mass is 35.5. The number of hydrogen-bond donors (Lipinski definition) is 2. The molecule has 0 saturated carbocycles. The summed E-state index contributed by atoms with van der Waals surface area (Å²) in [6.07, 6.45) is 2.72. The van der Waals surface area contributed by atoms with Gasteiger partial charge in [-0.15, -0.1) is 12.4 Å². The first-order chi connectivity index (χ1) is 10.7. The van der Waals surface area contributed by atoms with Crippen LogP contribution in [0.15, 0.2) is 24.3 Å². The van der Waals surface area contributed by atoms with E-state index >= 15 is 0 Å². The number of thioether (sulfide) groups is 1. The first-order valence-corrected chi connectivity index (χ1v) is 9.04. The van der Waals surface area contributed by atoms with Crippen LogP contribution in [0.25, 0.3) is 0 Å². The molecule has 5 nitrogen and oxygen atoms in total. The molecule has 130 valence electrons. The van der Waals surface area contributed by atoms with Crippen molar-refractivity contribution in [2.45, 2.75) is 19.0 Å². The van der Waals surface area contributed by atoms with Crippen molar-refractivity contribution in [2.75, 3.05) is 43.2 Å². The quantitative estimate of drug-likeness (QED) is 0.774. The maximum atomic E-state index is 12.0. The molecule has 23 heavy (non-hydrogen) atoms. The second-order valence-corrected chi connectivity index (χ2v) is 6.32. The summed E-state index contributed by atoms with van der Waals surface area (Å²) in [7, 11) is 0. The number of nitrogens with one attached hydrogen (secondary N) is 1. The van der Waals surface area contributed by atoms with Crippen LogP contribution in [-0.4, -0.2) is 50.3 Å². The van der Waals surface area contributed by atoms with Crippen LogP contribution < -0.4 is 16.0 Å². The van der Waals surface area contributed by atoms with Crippen LogP contribution >= 0.6 is 24.2 Å². The molecule has 7 heteroatoms. The van der Waals surface area contributed by atoms with E-state index in [0.717, 1.165) is 37.6 Å². The molecule has 1 aliphatic rings. The number of amides is 1. The molecule has 0 unspecified atom stereocenters. The molecule has 0 aliphatic carbocycles. The lowest BCUT2D eigenvalue weighted by molar-refractivity contribution is -0.122. The van der Waals surface area contributed by atoms with Crippen LogP contribution in [0.4, 0.5) is 5.69 Å². The Morgan fingerprint density at radius 3 is 2.78 bits per heavy atom. The monoisotopic (exact) mass is 359 g/mol. The third-order valence-electron chi connectivity index (χ3n) is 3.77. The molecule has 0 aromatic heterocycles. The second-order valence-electron chi connectivity index (χ2n) is 5.33. The molecule has 1 aliphatic heterocycles. The summed E-state index contributed by atoms with van der Waals surface area (Å²) in [5.74, 6) is 0.824. The van der Waals surface area contributed by atoms with E-state index in [0.29, 0.717) is 13.0 Å². The normalized spacial score (nSPS) is 15.7. The number of ether oxygens (including phenoxy) is 1. The lowest BCUT2D eigenvalue weighted by Crippen LogP contribution is -2.41. The number of carbonyl (C=O) groups is 1. The van der Waals surface area contributed by atoms with Gasteiger partial charge in [0, 0.05) is 25.3 Å². The molecule has 1 fully saturated rings. The average molecular weight is 360 g/mol. The Hall–Kier alpha value is -0.950. The van der Waals surface area contributed by atoms with Crippen LogP contribution in [0.2, 0.25) is 0 Å². The highest BCUT2D eigenvalue weighted by molar-refractivity contribution is 7.98. The van der Waals surface area contributed by atoms with Crippen LogP contribution in [0, 0.1) is 0 Å². The smallest absolute Gasteiger partial charge is 0.237 e. The zero-order valence-corrected chi connectivity index (χ0v) is 15.1. The number of anilines is 1. The van der Waals surface area contributed by atoms with Crippen molar-refractivity contribution >= 4 is 35.8 Å². The van der Waals surface area contributed by atoms with Gasteiger partial charge in [-0.1, -0.05) is 18.2 Å². The first kappa shape index (κ1) is 20.1. The highest BCUT2D eigenvalue weighted by Gasteiger charge is 2.16. The molecule has 2 rings (SSSR count). The minimum atomic E-state index is -0.428. The fourth-order valence-electron chi connectivity index (χ4n) is 2.46. The largest absolute Gasteiger partial charge is 0.378 e. The second kappa shape index (κ2) is 10.8. The predicted molar refractivity (Wildman–Crippen MR) is 99.5 cm³/mol. The summed E-state index contributed by atoms with van der Waals surface area (Å²) < 4.78 is 5.40. The molecule has 3 N–H and O–H groups in total. The number of para-hydroxylation sites is 1. The van der Waals surface area contributed by atoms with Gasteiger partial charge < -0.3 is 20.7 Å². The van der Waals surface area contributed by atoms with E-state index in [1.54, 1.807) is 11.8 Å². The van der Waals surface area contributed by atoms with E-state index in [1.807, 2.05) is 18.4 Å². The van der Waals surface area contributed by atoms with Gasteiger partial charge in [0.2, 0.25) is 5.91 Å². The van der Waals surface area contributed by atoms with Gasteiger partial charge in [0.1, 0.15) is 0 Å². The van der Waals surface area contributed by atoms with Gasteiger partial charge in [0.05, 0.1) is 19.3 Å². The lowest BCUT2D eigenvalue weighted by atomic mass is 10.1. The van der Waals surface area contributed by atoms with Gasteiger partial charge in [-0.05, 0) is 30.1 Å². The molecule has 1 saturated heterocycles. The average Bonchev–Trinajstić information content (AvgIpc) is 2.58. The van der Waals surface area contributed by atoms with Crippen molar-refractivity contribution < 1.29 is 9.53 Å². The molecule has 1 amide bonds. The van der Waals surface area contributed by atoms with Crippen molar-refractivity contribution in [3.05, 3.63) is 29.8 Å². The van der Waals surface area contributed by atoms with E-state index < -0.39 is 6.04 Å². The number of nitrogens with zero attached hydrogens (tertiary/aromatic N) is 1. The van der Waals surface area contributed by atoms with Gasteiger partial charge >= 0.3 is 0 Å². The predicted octanol–water partition coefficient (Wildman–Crippen LogP) is 1.64. The topological polar surface area (TPSA) is 67.6 Å². The molecular formula is C16H26ClN3O2S. The summed E-state index contributed by atoms with van der Waals surface area (Å²) >= 11 is 1.70. The Labute approximate surface area is 148 Å². The summed E-state index contributed by atoms with van der Waals surface area (Å²) in [6.45, 7) is 3.79. The number of carbonyl (C=O) groups excluding carboxylic acids is 1. The van der Waals surface area contributed by atoms with Crippen LogP contribution in [0.5, 0.6) is 0 Å². The van der Waals surface area contributed by atoms with Gasteiger partial charge in [-0.25, -0.2) is 0 Å². The number of morpholine rings is 1. The summed E-state index contributed by atoms with van der Waals surface area (Å²) in [4.78, 5) is 14.3. The van der Waals surface area contributed by atoms with Gasteiger partial charge in [-0.3, -0.25) is 4.79 Å². The minimum absolute atomic E-state index is 0. The number of rotatable bonds is 7. The summed E-state index contributed by atoms with van der Waals surface area (Å²) in [6, 6.07) is 7.75. The standard InChI is InChI=1S/C16H25N3O2S.ClH/c1-22-11-6-14(17)16(20)18-12-13-4-2-3-5-15(13)19-7-9-21-10-8-19;/h2-5,14H,6-12,17H2,1H3,(H,18,20);1H/t14-;/m0./s1. The zero-order valence-electron chi connectivity index (χ0n) is 13.5. The van der Waals surface area contributed by atoms with Crippen LogP contribution in [0.1, 0.15) is 12.0 Å². The Morgan fingerprint density at radius 2 is 2.09 bits per heavy atom. The zero-order chi connectivity index (χ0) is 15.8. The molecule has 0 bridgehead atoms. The molecule has 1 aromatic rings. The molecular weight excluding hydrogens is 334 g/mol. The van der Waals surface area contributed by atoms with Crippen molar-refractivity contribution in [1.82, 2.24) is 5.32 Å². The Kier molecular flexibility index (Phi) is 9.40. The molecule has 0 radical (unpaired) electrons. The van der Waals surface area contributed by atoms with Crippen molar-refractivity contribution in [3.63, 3.8) is 0 Å². The first-order valence-electron chi connectivity index (χ1n) is 7.65. The molecule has 0 spiro atoms. The number of nitrogens with two attached hydrogens (primary N) is 1. The van der Waals surface area contributed by atoms with Gasteiger partial charge in [-0.2, -0.15) is 11.8 Å². The van der Waals surface area contributed by atoms with E-state index in [1.165, 1.54) is 5.69 Å². The number of hydrogen-bond acceptors (Lipinski definition) is 5. The third-order valence-corrected chi connectivity index (χ3v) is 4.41. The molecule has 1 heterocycles. The van der Waals surface area contributed by atoms with Crippen molar-refractivity contribution in [2.24, 2.45) is 5.73 Å². The van der Waals surface area contributed by atoms with Gasteiger partial charge in [0.25, 0.3) is 0 Å². The van der Waals surface area contributed by atoms with E-state index in [4.69, 9.17) is 10.5 Å². The molecule has 1 atom stereocenters. The van der Waals surface area contributed by atoms with Crippen molar-refractivity contribution in [1.29, 1.82) is 0 Å². The maximum absolute atomic E-state index is 12.0. The molecule has 1 aromatic carbocycles. The minimum Gasteiger partial charge on any atom is -0.378 e. The van der Waals surface area contributed by atoms with Crippen LogP contribution in [-0.2, 0) is 16.1 Å². The van der Waals surface area contributed by atoms with E-state index in [2.05, 4.69) is 22.3 Å². The van der Waals surface area contributed by atoms with Crippen molar-refractivity contribution in [3.8, 4) is 0 Å². The SMILES string of the molecule is CSCC[C@H](N)C(=O)NCc1ccccc1N1CCOCC1.Cl. The summed E-state index contributed by atoms with van der Waals surface area (Å²) in [5.41, 5.74) is 8.19. The Morgan fingerprint density at radius 1 is 1.39 bits per heavy atom. The fourth-order valence-corrected chi connectivity index (χ4v) is 2.95. The van der Waals surface area contributed by atoms with Crippen LogP contribution in [0.3, 0.4) is 0 Å². The third kappa shape index (κ3) is 6.22. The fraction of sp³-hybridized carbons (Fsp3) is 0.562. The van der Waals surface area contributed by atoms with E-state index in [9.17, 15) is 4.79 Å². The number of halogens is 1. The summed E-state index contributed by atoms with van der Waals surface area (Å²) in [5, 5.41) is 2.96. The maximum Gasteiger partial charge on any atom is 0.237 e.